The molecule has 0 atom stereocenters. The van der Waals surface area contributed by atoms with Crippen LogP contribution in [0.4, 0.5) is 0 Å². The predicted molar refractivity (Wildman–Crippen MR) is 94.6 cm³/mol. The van der Waals surface area contributed by atoms with Gasteiger partial charge in [0.1, 0.15) is 0 Å². The lowest BCUT2D eigenvalue weighted by atomic mass is 10.1. The van der Waals surface area contributed by atoms with Gasteiger partial charge < -0.3 is 9.55 Å². The van der Waals surface area contributed by atoms with E-state index in [4.69, 9.17) is 12.2 Å². The van der Waals surface area contributed by atoms with E-state index in [0.717, 1.165) is 29.7 Å². The van der Waals surface area contributed by atoms with Crippen molar-refractivity contribution in [1.29, 1.82) is 0 Å². The van der Waals surface area contributed by atoms with Crippen LogP contribution >= 0.6 is 34.8 Å². The van der Waals surface area contributed by atoms with Gasteiger partial charge in [0, 0.05) is 10.1 Å². The van der Waals surface area contributed by atoms with Crippen molar-refractivity contribution in [2.75, 3.05) is 0 Å². The van der Waals surface area contributed by atoms with Crippen molar-refractivity contribution in [3.8, 4) is 0 Å². The van der Waals surface area contributed by atoms with Gasteiger partial charge in [-0.3, -0.25) is 0 Å². The van der Waals surface area contributed by atoms with Crippen molar-refractivity contribution >= 4 is 45.8 Å². The average Bonchev–Trinajstić information content (AvgIpc) is 2.75. The molecule has 0 unspecified atom stereocenters. The summed E-state index contributed by atoms with van der Waals surface area (Å²) in [7, 11) is 0. The van der Waals surface area contributed by atoms with Crippen LogP contribution < -0.4 is 0 Å². The normalized spacial score (nSPS) is 11.1. The molecule has 4 heteroatoms. The third-order valence-electron chi connectivity index (χ3n) is 3.43. The second-order valence-electron chi connectivity index (χ2n) is 4.83. The van der Waals surface area contributed by atoms with Gasteiger partial charge >= 0.3 is 0 Å². The highest BCUT2D eigenvalue weighted by molar-refractivity contribution is 14.1. The van der Waals surface area contributed by atoms with Crippen LogP contribution in [0.15, 0.2) is 48.5 Å². The highest BCUT2D eigenvalue weighted by Gasteiger charge is 2.04. The van der Waals surface area contributed by atoms with Crippen molar-refractivity contribution in [3.05, 3.63) is 62.4 Å². The molecule has 2 nitrogen and oxygen atoms in total. The molecule has 3 rings (SSSR count). The summed E-state index contributed by atoms with van der Waals surface area (Å²) >= 11 is 7.75. The van der Waals surface area contributed by atoms with Crippen molar-refractivity contribution < 1.29 is 0 Å². The first-order chi connectivity index (χ1) is 9.74. The number of hydrogen-bond donors (Lipinski definition) is 1. The van der Waals surface area contributed by atoms with E-state index in [1.165, 1.54) is 14.7 Å². The van der Waals surface area contributed by atoms with E-state index in [1.54, 1.807) is 0 Å². The number of aromatic amines is 1. The molecule has 0 fully saturated rings. The van der Waals surface area contributed by atoms with Gasteiger partial charge in [-0.1, -0.05) is 30.3 Å². The number of aromatic nitrogens is 2. The van der Waals surface area contributed by atoms with E-state index < -0.39 is 0 Å². The minimum Gasteiger partial charge on any atom is -0.331 e. The van der Waals surface area contributed by atoms with E-state index in [9.17, 15) is 0 Å². The number of benzene rings is 2. The zero-order valence-electron chi connectivity index (χ0n) is 11.0. The Morgan fingerprint density at radius 2 is 1.90 bits per heavy atom. The van der Waals surface area contributed by atoms with Gasteiger partial charge in [-0.15, -0.1) is 0 Å². The summed E-state index contributed by atoms with van der Waals surface area (Å²) in [5, 5.41) is 0. The van der Waals surface area contributed by atoms with Gasteiger partial charge in [0.2, 0.25) is 0 Å². The standard InChI is InChI=1S/C16H15IN2S/c17-13-8-9-15-14(11-13)18-16(20)19(15)10-4-7-12-5-2-1-3-6-12/h1-3,5-6,8-9,11H,4,7,10H2,(H,18,20). The molecule has 0 spiro atoms. The Labute approximate surface area is 137 Å². The number of aryl methyl sites for hydroxylation is 2. The number of H-pyrrole nitrogens is 1. The van der Waals surface area contributed by atoms with E-state index in [0.29, 0.717) is 0 Å². The van der Waals surface area contributed by atoms with Crippen LogP contribution in [0, 0.1) is 8.34 Å². The topological polar surface area (TPSA) is 20.7 Å². The predicted octanol–water partition coefficient (Wildman–Crippen LogP) is 4.94. The van der Waals surface area contributed by atoms with Crippen LogP contribution in [0.1, 0.15) is 12.0 Å². The Morgan fingerprint density at radius 1 is 1.10 bits per heavy atom. The SMILES string of the molecule is S=c1[nH]c2cc(I)ccc2n1CCCc1ccccc1. The number of nitrogens with zero attached hydrogens (tertiary/aromatic N) is 1. The highest BCUT2D eigenvalue weighted by Crippen LogP contribution is 2.18. The van der Waals surface area contributed by atoms with Crippen molar-refractivity contribution in [1.82, 2.24) is 9.55 Å². The van der Waals surface area contributed by atoms with Gasteiger partial charge in [-0.25, -0.2) is 0 Å². The summed E-state index contributed by atoms with van der Waals surface area (Å²) in [6, 6.07) is 17.0. The number of nitrogens with one attached hydrogen (secondary N) is 1. The van der Waals surface area contributed by atoms with Crippen LogP contribution in [-0.2, 0) is 13.0 Å². The molecule has 1 aromatic heterocycles. The number of fused-ring (bicyclic) bond motifs is 1. The molecule has 0 aliphatic rings. The molecule has 1 N–H and O–H groups in total. The van der Waals surface area contributed by atoms with Crippen molar-refractivity contribution in [3.63, 3.8) is 0 Å². The first-order valence-corrected chi connectivity index (χ1v) is 8.15. The second kappa shape index (κ2) is 6.10. The van der Waals surface area contributed by atoms with Gasteiger partial charge in [-0.2, -0.15) is 0 Å². The van der Waals surface area contributed by atoms with E-state index in [1.807, 2.05) is 0 Å². The molecular formula is C16H15IN2S. The fourth-order valence-corrected chi connectivity index (χ4v) is 3.23. The first kappa shape index (κ1) is 13.8. The fraction of sp³-hybridized carbons (Fsp3) is 0.188. The first-order valence-electron chi connectivity index (χ1n) is 6.66. The molecular weight excluding hydrogens is 379 g/mol. The largest absolute Gasteiger partial charge is 0.331 e. The minimum atomic E-state index is 0.815. The molecule has 0 bridgehead atoms. The summed E-state index contributed by atoms with van der Waals surface area (Å²) in [5.41, 5.74) is 3.71. The maximum atomic E-state index is 5.43. The van der Waals surface area contributed by atoms with Crippen LogP contribution in [0.2, 0.25) is 0 Å². The third-order valence-corrected chi connectivity index (χ3v) is 4.42. The summed E-state index contributed by atoms with van der Waals surface area (Å²) in [4.78, 5) is 3.29. The lowest BCUT2D eigenvalue weighted by Gasteiger charge is -2.05. The van der Waals surface area contributed by atoms with Gasteiger partial charge in [-0.05, 0) is 71.4 Å². The average molecular weight is 394 g/mol. The number of rotatable bonds is 4. The fourth-order valence-electron chi connectivity index (χ4n) is 2.44. The molecule has 0 amide bonds. The molecule has 0 saturated carbocycles. The Bertz CT molecular complexity index is 774. The smallest absolute Gasteiger partial charge is 0.178 e. The molecule has 0 aliphatic carbocycles. The van der Waals surface area contributed by atoms with E-state index in [2.05, 4.69) is 80.7 Å². The van der Waals surface area contributed by atoms with Crippen LogP contribution in [0.25, 0.3) is 11.0 Å². The number of halogens is 1. The van der Waals surface area contributed by atoms with Crippen molar-refractivity contribution in [2.45, 2.75) is 19.4 Å². The molecule has 1 heterocycles. The molecule has 3 aromatic rings. The van der Waals surface area contributed by atoms with Crippen LogP contribution in [0.3, 0.4) is 0 Å². The molecule has 0 saturated heterocycles. The van der Waals surface area contributed by atoms with Crippen molar-refractivity contribution in [2.24, 2.45) is 0 Å². The Kier molecular flexibility index (Phi) is 4.21. The molecule has 0 aliphatic heterocycles. The lowest BCUT2D eigenvalue weighted by molar-refractivity contribution is 0.650. The number of hydrogen-bond acceptors (Lipinski definition) is 1. The van der Waals surface area contributed by atoms with Gasteiger partial charge in [0.25, 0.3) is 0 Å². The molecule has 20 heavy (non-hydrogen) atoms. The second-order valence-corrected chi connectivity index (χ2v) is 6.46. The minimum absolute atomic E-state index is 0.815. The van der Waals surface area contributed by atoms with E-state index >= 15 is 0 Å². The third kappa shape index (κ3) is 2.96. The van der Waals surface area contributed by atoms with Gasteiger partial charge in [0.05, 0.1) is 11.0 Å². The summed E-state index contributed by atoms with van der Waals surface area (Å²) in [6.45, 7) is 0.953. The van der Waals surface area contributed by atoms with Gasteiger partial charge in [0.15, 0.2) is 4.77 Å². The van der Waals surface area contributed by atoms with Crippen LogP contribution in [0.5, 0.6) is 0 Å². The lowest BCUT2D eigenvalue weighted by Crippen LogP contribution is -1.99. The maximum absolute atomic E-state index is 5.43. The van der Waals surface area contributed by atoms with E-state index in [-0.39, 0.29) is 0 Å². The van der Waals surface area contributed by atoms with Crippen LogP contribution in [-0.4, -0.2) is 9.55 Å². The monoisotopic (exact) mass is 394 g/mol. The Hall–Kier alpha value is -1.14. The summed E-state index contributed by atoms with van der Waals surface area (Å²) in [6.07, 6.45) is 2.18. The zero-order chi connectivity index (χ0) is 13.9. The zero-order valence-corrected chi connectivity index (χ0v) is 13.9. The molecule has 2 aromatic carbocycles. The maximum Gasteiger partial charge on any atom is 0.178 e. The molecule has 102 valence electrons. The quantitative estimate of drug-likeness (QED) is 0.491. The number of imidazole rings is 1. The Morgan fingerprint density at radius 3 is 2.70 bits per heavy atom. The highest BCUT2D eigenvalue weighted by atomic mass is 127. The summed E-state index contributed by atoms with van der Waals surface area (Å²) in [5.74, 6) is 0. The summed E-state index contributed by atoms with van der Waals surface area (Å²) < 4.78 is 4.24. The molecule has 0 radical (unpaired) electrons. The Balaban J connectivity index is 1.78.